The maximum Gasteiger partial charge on any atom is 0.252 e. The second-order valence-corrected chi connectivity index (χ2v) is 18.6. The number of ether oxygens (including phenoxy) is 1. The third-order valence-corrected chi connectivity index (χ3v) is 14.6. The van der Waals surface area contributed by atoms with E-state index in [4.69, 9.17) is 4.74 Å². The van der Waals surface area contributed by atoms with Crippen LogP contribution in [-0.4, -0.2) is 6.71 Å². The van der Waals surface area contributed by atoms with Gasteiger partial charge in [0, 0.05) is 67.7 Å². The average molecular weight is 836 g/mol. The normalized spacial score (nSPS) is 14.2. The molecule has 0 saturated carbocycles. The Kier molecular flexibility index (Phi) is 8.21. The standard InChI is InChI=1S/C60H46BN3O/c1-38-22-26-44(27-23-38)64-53-20-13-19-52-59(53)61(58-48-34-42(39(48)2)35-55(58)64)51-32-30-47(37-54(51)63(52)45-28-24-41(25-29-45)40-14-7-5-8-15-40)62(43-16-9-6-10-17-43)46-31-33-57-50(36-46)60(3,4)49-18-11-12-21-56(49)65-57/h5-33,35-37H,34H2,1-4H3. The first-order chi connectivity index (χ1) is 31.8. The van der Waals surface area contributed by atoms with Gasteiger partial charge >= 0.3 is 0 Å². The zero-order chi connectivity index (χ0) is 43.6. The molecule has 2 aliphatic carbocycles. The van der Waals surface area contributed by atoms with Crippen molar-refractivity contribution >= 4 is 74.3 Å². The molecule has 0 spiro atoms. The molecule has 9 aromatic carbocycles. The molecule has 4 nitrogen and oxygen atoms in total. The van der Waals surface area contributed by atoms with Crippen LogP contribution in [0.1, 0.15) is 47.2 Å². The predicted octanol–water partition coefficient (Wildman–Crippen LogP) is 13.9. The SMILES string of the molecule is Cc1ccc(N2c3cccc4c3B(c3ccc(N(c5ccccc5)c5ccc6c(c5)C(C)(C)c5ccccc5O6)cc3N4c3ccc(-c4ccccc4)cc3)c3c2cc2c(C)c3C2)cc1. The zero-order valence-electron chi connectivity index (χ0n) is 37.0. The maximum atomic E-state index is 6.57. The summed E-state index contributed by atoms with van der Waals surface area (Å²) in [4.78, 5) is 7.47. The minimum Gasteiger partial charge on any atom is -0.457 e. The Hall–Kier alpha value is -7.76. The minimum atomic E-state index is -0.260. The van der Waals surface area contributed by atoms with Crippen LogP contribution in [0.25, 0.3) is 11.1 Å². The van der Waals surface area contributed by atoms with E-state index in [0.29, 0.717) is 0 Å². The van der Waals surface area contributed by atoms with Crippen molar-refractivity contribution in [1.29, 1.82) is 0 Å². The topological polar surface area (TPSA) is 19.0 Å². The quantitative estimate of drug-likeness (QED) is 0.155. The molecule has 14 rings (SSSR count). The first-order valence-corrected chi connectivity index (χ1v) is 22.8. The van der Waals surface area contributed by atoms with Crippen LogP contribution in [0.3, 0.4) is 0 Å². The molecule has 0 atom stereocenters. The Morgan fingerprint density at radius 2 is 1.11 bits per heavy atom. The molecule has 2 bridgehead atoms. The number of rotatable bonds is 6. The number of anilines is 9. The van der Waals surface area contributed by atoms with Gasteiger partial charge in [0.25, 0.3) is 6.71 Å². The average Bonchev–Trinajstić information content (AvgIpc) is 3.35. The molecule has 310 valence electrons. The van der Waals surface area contributed by atoms with Gasteiger partial charge in [0.05, 0.1) is 0 Å². The molecule has 5 aliphatic rings. The second kappa shape index (κ2) is 14.1. The summed E-state index contributed by atoms with van der Waals surface area (Å²) in [6.07, 6.45) is 1.02. The zero-order valence-corrected chi connectivity index (χ0v) is 37.0. The first-order valence-electron chi connectivity index (χ1n) is 22.8. The van der Waals surface area contributed by atoms with Crippen LogP contribution in [0.15, 0.2) is 194 Å². The number of nitrogens with zero attached hydrogens (tertiary/aromatic N) is 3. The van der Waals surface area contributed by atoms with Crippen molar-refractivity contribution < 1.29 is 4.74 Å². The molecular formula is C60H46BN3O. The van der Waals surface area contributed by atoms with Crippen molar-refractivity contribution in [2.45, 2.75) is 39.5 Å². The van der Waals surface area contributed by atoms with Gasteiger partial charge in [0.1, 0.15) is 11.5 Å². The van der Waals surface area contributed by atoms with Crippen molar-refractivity contribution in [3.8, 4) is 22.6 Å². The number of aryl methyl sites for hydroxylation is 2. The van der Waals surface area contributed by atoms with E-state index in [9.17, 15) is 0 Å². The molecule has 0 N–H and O–H groups in total. The first kappa shape index (κ1) is 37.8. The largest absolute Gasteiger partial charge is 0.457 e. The van der Waals surface area contributed by atoms with Crippen LogP contribution in [-0.2, 0) is 11.8 Å². The third-order valence-electron chi connectivity index (χ3n) is 14.6. The number of benzene rings is 9. The van der Waals surface area contributed by atoms with Gasteiger partial charge in [0.2, 0.25) is 0 Å². The van der Waals surface area contributed by atoms with Gasteiger partial charge in [0.15, 0.2) is 0 Å². The van der Waals surface area contributed by atoms with Gasteiger partial charge in [-0.05, 0) is 155 Å². The van der Waals surface area contributed by atoms with Crippen LogP contribution in [0.4, 0.5) is 51.2 Å². The van der Waals surface area contributed by atoms with Crippen molar-refractivity contribution in [3.05, 3.63) is 228 Å². The molecule has 0 aromatic heterocycles. The van der Waals surface area contributed by atoms with Crippen molar-refractivity contribution in [2.24, 2.45) is 0 Å². The lowest BCUT2D eigenvalue weighted by Crippen LogP contribution is -2.63. The van der Waals surface area contributed by atoms with Gasteiger partial charge in [-0.15, -0.1) is 0 Å². The second-order valence-electron chi connectivity index (χ2n) is 18.6. The smallest absolute Gasteiger partial charge is 0.252 e. The highest BCUT2D eigenvalue weighted by Crippen LogP contribution is 2.51. The highest BCUT2D eigenvalue weighted by atomic mass is 16.5. The summed E-state index contributed by atoms with van der Waals surface area (Å²) >= 11 is 0. The van der Waals surface area contributed by atoms with Crippen molar-refractivity contribution in [2.75, 3.05) is 14.7 Å². The van der Waals surface area contributed by atoms with Gasteiger partial charge in [-0.3, -0.25) is 0 Å². The van der Waals surface area contributed by atoms with E-state index >= 15 is 0 Å². The lowest BCUT2D eigenvalue weighted by atomic mass is 9.32. The maximum absolute atomic E-state index is 6.57. The summed E-state index contributed by atoms with van der Waals surface area (Å²) in [6, 6.07) is 71.5. The molecule has 0 unspecified atom stereocenters. The Morgan fingerprint density at radius 1 is 0.492 bits per heavy atom. The van der Waals surface area contributed by atoms with Crippen LogP contribution in [0.2, 0.25) is 0 Å². The van der Waals surface area contributed by atoms with E-state index in [1.165, 1.54) is 89.3 Å². The lowest BCUT2D eigenvalue weighted by molar-refractivity contribution is 0.418. The lowest BCUT2D eigenvalue weighted by Gasteiger charge is -2.47. The van der Waals surface area contributed by atoms with E-state index in [0.717, 1.165) is 40.7 Å². The summed E-state index contributed by atoms with van der Waals surface area (Å²) < 4.78 is 6.57. The highest BCUT2D eigenvalue weighted by molar-refractivity contribution is 7.00. The number of fused-ring (bicyclic) bond motifs is 4. The summed E-state index contributed by atoms with van der Waals surface area (Å²) in [5.41, 5.74) is 24.7. The van der Waals surface area contributed by atoms with E-state index < -0.39 is 0 Å². The number of hydrogen-bond donors (Lipinski definition) is 0. The molecule has 0 amide bonds. The van der Waals surface area contributed by atoms with Crippen LogP contribution in [0.5, 0.6) is 11.5 Å². The van der Waals surface area contributed by atoms with Crippen molar-refractivity contribution in [3.63, 3.8) is 0 Å². The Morgan fingerprint density at radius 3 is 1.85 bits per heavy atom. The minimum absolute atomic E-state index is 0.0526. The summed E-state index contributed by atoms with van der Waals surface area (Å²) in [7, 11) is 0. The van der Waals surface area contributed by atoms with E-state index in [1.807, 2.05) is 0 Å². The van der Waals surface area contributed by atoms with Gasteiger partial charge in [-0.25, -0.2) is 0 Å². The van der Waals surface area contributed by atoms with Crippen LogP contribution in [0, 0.1) is 13.8 Å². The molecule has 65 heavy (non-hydrogen) atoms. The molecule has 0 saturated heterocycles. The van der Waals surface area contributed by atoms with Gasteiger partial charge < -0.3 is 19.4 Å². The molecule has 0 fully saturated rings. The van der Waals surface area contributed by atoms with Crippen LogP contribution < -0.4 is 35.8 Å². The van der Waals surface area contributed by atoms with E-state index in [1.54, 1.807) is 0 Å². The fraction of sp³-hybridized carbons (Fsp3) is 0.100. The van der Waals surface area contributed by atoms with Gasteiger partial charge in [-0.2, -0.15) is 0 Å². The molecule has 3 aliphatic heterocycles. The van der Waals surface area contributed by atoms with E-state index in [2.05, 4.69) is 237 Å². The summed E-state index contributed by atoms with van der Waals surface area (Å²) in [5, 5.41) is 0. The Labute approximate surface area is 381 Å². The summed E-state index contributed by atoms with van der Waals surface area (Å²) in [6.45, 7) is 9.16. The third kappa shape index (κ3) is 5.64. The van der Waals surface area contributed by atoms with Crippen LogP contribution >= 0.6 is 0 Å². The van der Waals surface area contributed by atoms with E-state index in [-0.39, 0.29) is 12.1 Å². The Bertz CT molecular complexity index is 3380. The molecule has 0 radical (unpaired) electrons. The van der Waals surface area contributed by atoms with Gasteiger partial charge in [-0.1, -0.05) is 123 Å². The van der Waals surface area contributed by atoms with Crippen molar-refractivity contribution in [1.82, 2.24) is 0 Å². The fourth-order valence-corrected chi connectivity index (χ4v) is 11.2. The fourth-order valence-electron chi connectivity index (χ4n) is 11.2. The highest BCUT2D eigenvalue weighted by Gasteiger charge is 2.46. The molecule has 3 heterocycles. The number of para-hydroxylation sites is 2. The summed E-state index contributed by atoms with van der Waals surface area (Å²) in [5.74, 6) is 1.83. The molecule has 5 heteroatoms. The molecular weight excluding hydrogens is 789 g/mol. The Balaban J connectivity index is 1.04. The monoisotopic (exact) mass is 835 g/mol. The number of hydrogen-bond acceptors (Lipinski definition) is 4. The molecule has 9 aromatic rings. The predicted molar refractivity (Wildman–Crippen MR) is 272 cm³/mol.